The van der Waals surface area contributed by atoms with Gasteiger partial charge in [-0.3, -0.25) is 9.59 Å². The van der Waals surface area contributed by atoms with E-state index >= 15 is 0 Å². The standard InChI is InChI=1S/C20H23NO5S2/c1-3-25-20(24)18-14-7-6-12(2)9-15(14)28-19(18)21-16(22)11-26-17(23)10-13-5-4-8-27-13/h4-5,8,12H,3,6-7,9-11H2,1-2H3,(H,21,22)/t12-/m0/s1. The van der Waals surface area contributed by atoms with Crippen molar-refractivity contribution in [2.24, 2.45) is 5.92 Å². The lowest BCUT2D eigenvalue weighted by molar-refractivity contribution is -0.146. The quantitative estimate of drug-likeness (QED) is 0.687. The average Bonchev–Trinajstić information content (AvgIpc) is 3.27. The summed E-state index contributed by atoms with van der Waals surface area (Å²) in [4.78, 5) is 38.6. The van der Waals surface area contributed by atoms with E-state index in [1.54, 1.807) is 6.92 Å². The molecule has 3 rings (SSSR count). The van der Waals surface area contributed by atoms with E-state index in [1.807, 2.05) is 17.5 Å². The monoisotopic (exact) mass is 421 g/mol. The highest BCUT2D eigenvalue weighted by Crippen LogP contribution is 2.40. The number of thiophene rings is 2. The van der Waals surface area contributed by atoms with E-state index in [9.17, 15) is 14.4 Å². The van der Waals surface area contributed by atoms with Crippen molar-refractivity contribution < 1.29 is 23.9 Å². The topological polar surface area (TPSA) is 81.7 Å². The molecule has 0 saturated carbocycles. The minimum absolute atomic E-state index is 0.143. The molecule has 1 aliphatic rings. The van der Waals surface area contributed by atoms with Crippen molar-refractivity contribution in [3.63, 3.8) is 0 Å². The summed E-state index contributed by atoms with van der Waals surface area (Å²) in [5.41, 5.74) is 1.43. The summed E-state index contributed by atoms with van der Waals surface area (Å²) in [6.07, 6.45) is 2.83. The van der Waals surface area contributed by atoms with E-state index in [0.29, 0.717) is 16.5 Å². The molecule has 1 atom stereocenters. The Morgan fingerprint density at radius 3 is 2.82 bits per heavy atom. The second-order valence-electron chi connectivity index (χ2n) is 6.74. The van der Waals surface area contributed by atoms with Gasteiger partial charge in [-0.15, -0.1) is 22.7 Å². The molecule has 28 heavy (non-hydrogen) atoms. The van der Waals surface area contributed by atoms with E-state index in [1.165, 1.54) is 22.7 Å². The van der Waals surface area contributed by atoms with Gasteiger partial charge in [-0.05, 0) is 49.1 Å². The normalized spacial score (nSPS) is 15.6. The first-order valence-electron chi connectivity index (χ1n) is 9.27. The Balaban J connectivity index is 1.66. The van der Waals surface area contributed by atoms with Gasteiger partial charge in [0.05, 0.1) is 18.6 Å². The van der Waals surface area contributed by atoms with Gasteiger partial charge in [-0.1, -0.05) is 13.0 Å². The lowest BCUT2D eigenvalue weighted by Gasteiger charge is -2.18. The van der Waals surface area contributed by atoms with Crippen LogP contribution in [0.4, 0.5) is 5.00 Å². The maximum atomic E-state index is 12.5. The van der Waals surface area contributed by atoms with Crippen LogP contribution in [-0.2, 0) is 38.3 Å². The Morgan fingerprint density at radius 1 is 1.29 bits per heavy atom. The van der Waals surface area contributed by atoms with Crippen molar-refractivity contribution >= 4 is 45.5 Å². The van der Waals surface area contributed by atoms with Crippen molar-refractivity contribution in [2.75, 3.05) is 18.5 Å². The van der Waals surface area contributed by atoms with E-state index in [0.717, 1.165) is 34.6 Å². The maximum Gasteiger partial charge on any atom is 0.341 e. The first kappa shape index (κ1) is 20.5. The summed E-state index contributed by atoms with van der Waals surface area (Å²) in [6, 6.07) is 3.70. The smallest absolute Gasteiger partial charge is 0.341 e. The number of esters is 2. The van der Waals surface area contributed by atoms with Crippen LogP contribution in [0.3, 0.4) is 0 Å². The lowest BCUT2D eigenvalue weighted by atomic mass is 9.88. The van der Waals surface area contributed by atoms with Gasteiger partial charge in [0.15, 0.2) is 6.61 Å². The van der Waals surface area contributed by atoms with Crippen LogP contribution in [-0.4, -0.2) is 31.1 Å². The minimum atomic E-state index is -0.461. The SMILES string of the molecule is CCOC(=O)c1c(NC(=O)COC(=O)Cc2cccs2)sc2c1CC[C@H](C)C2. The Bertz CT molecular complexity index is 856. The highest BCUT2D eigenvalue weighted by Gasteiger charge is 2.29. The molecule has 2 aromatic rings. The van der Waals surface area contributed by atoms with Crippen molar-refractivity contribution in [1.82, 2.24) is 0 Å². The van der Waals surface area contributed by atoms with Crippen LogP contribution in [0, 0.1) is 5.92 Å². The molecule has 0 aromatic carbocycles. The van der Waals surface area contributed by atoms with Gasteiger partial charge in [0.1, 0.15) is 5.00 Å². The fraction of sp³-hybridized carbons (Fsp3) is 0.450. The summed E-state index contributed by atoms with van der Waals surface area (Å²) >= 11 is 2.88. The van der Waals surface area contributed by atoms with Crippen LogP contribution >= 0.6 is 22.7 Å². The van der Waals surface area contributed by atoms with Crippen LogP contribution in [0.1, 0.15) is 45.9 Å². The number of hydrogen-bond acceptors (Lipinski definition) is 7. The summed E-state index contributed by atoms with van der Waals surface area (Å²) in [6.45, 7) is 3.82. The zero-order valence-electron chi connectivity index (χ0n) is 15.9. The predicted molar refractivity (Wildman–Crippen MR) is 109 cm³/mol. The fourth-order valence-corrected chi connectivity index (χ4v) is 5.28. The molecular weight excluding hydrogens is 398 g/mol. The number of carbonyl (C=O) groups excluding carboxylic acids is 3. The third kappa shape index (κ3) is 4.99. The van der Waals surface area contributed by atoms with Gasteiger partial charge in [-0.2, -0.15) is 0 Å². The van der Waals surface area contributed by atoms with Gasteiger partial charge >= 0.3 is 11.9 Å². The Hall–Kier alpha value is -2.19. The highest BCUT2D eigenvalue weighted by molar-refractivity contribution is 7.17. The molecule has 2 heterocycles. The molecule has 0 unspecified atom stereocenters. The van der Waals surface area contributed by atoms with Gasteiger partial charge in [0.25, 0.3) is 5.91 Å². The van der Waals surface area contributed by atoms with Crippen LogP contribution < -0.4 is 5.32 Å². The molecule has 0 radical (unpaired) electrons. The van der Waals surface area contributed by atoms with E-state index < -0.39 is 17.8 Å². The predicted octanol–water partition coefficient (Wildman–Crippen LogP) is 3.84. The number of anilines is 1. The molecule has 6 nitrogen and oxygen atoms in total. The third-order valence-electron chi connectivity index (χ3n) is 4.51. The number of amides is 1. The number of nitrogens with one attached hydrogen (secondary N) is 1. The van der Waals surface area contributed by atoms with Crippen molar-refractivity contribution in [3.8, 4) is 0 Å². The van der Waals surface area contributed by atoms with Crippen molar-refractivity contribution in [1.29, 1.82) is 0 Å². The number of carbonyl (C=O) groups is 3. The van der Waals surface area contributed by atoms with Crippen LogP contribution in [0.25, 0.3) is 0 Å². The number of ether oxygens (including phenoxy) is 2. The second kappa shape index (κ2) is 9.34. The Kier molecular flexibility index (Phi) is 6.85. The average molecular weight is 422 g/mol. The summed E-state index contributed by atoms with van der Waals surface area (Å²) in [5.74, 6) is -0.790. The van der Waals surface area contributed by atoms with E-state index in [-0.39, 0.29) is 19.6 Å². The number of rotatable bonds is 7. The molecule has 0 aliphatic heterocycles. The highest BCUT2D eigenvalue weighted by atomic mass is 32.1. The Morgan fingerprint density at radius 2 is 2.11 bits per heavy atom. The third-order valence-corrected chi connectivity index (χ3v) is 6.55. The molecule has 2 aromatic heterocycles. The summed E-state index contributed by atoms with van der Waals surface area (Å²) < 4.78 is 10.3. The largest absolute Gasteiger partial charge is 0.462 e. The van der Waals surface area contributed by atoms with Crippen LogP contribution in [0.5, 0.6) is 0 Å². The molecule has 1 N–H and O–H groups in total. The number of hydrogen-bond donors (Lipinski definition) is 1. The van der Waals surface area contributed by atoms with Gasteiger partial charge in [-0.25, -0.2) is 4.79 Å². The zero-order valence-corrected chi connectivity index (χ0v) is 17.5. The summed E-state index contributed by atoms with van der Waals surface area (Å²) in [5, 5.41) is 5.10. The molecule has 0 bridgehead atoms. The van der Waals surface area contributed by atoms with Crippen LogP contribution in [0.15, 0.2) is 17.5 Å². The second-order valence-corrected chi connectivity index (χ2v) is 8.88. The molecule has 0 spiro atoms. The van der Waals surface area contributed by atoms with Crippen molar-refractivity contribution in [2.45, 2.75) is 39.5 Å². The molecule has 0 saturated heterocycles. The lowest BCUT2D eigenvalue weighted by Crippen LogP contribution is -2.22. The van der Waals surface area contributed by atoms with Gasteiger partial charge < -0.3 is 14.8 Å². The molecule has 0 fully saturated rings. The maximum absolute atomic E-state index is 12.5. The zero-order chi connectivity index (χ0) is 20.1. The molecule has 150 valence electrons. The fourth-order valence-electron chi connectivity index (χ4n) is 3.17. The Labute approximate surface area is 171 Å². The van der Waals surface area contributed by atoms with Crippen LogP contribution in [0.2, 0.25) is 0 Å². The van der Waals surface area contributed by atoms with Gasteiger partial charge in [0.2, 0.25) is 0 Å². The van der Waals surface area contributed by atoms with Crippen molar-refractivity contribution in [3.05, 3.63) is 38.4 Å². The molecular formula is C20H23NO5S2. The first-order valence-corrected chi connectivity index (χ1v) is 11.0. The summed E-state index contributed by atoms with van der Waals surface area (Å²) in [7, 11) is 0. The molecule has 1 aliphatic carbocycles. The molecule has 8 heteroatoms. The van der Waals surface area contributed by atoms with E-state index in [4.69, 9.17) is 9.47 Å². The van der Waals surface area contributed by atoms with Gasteiger partial charge in [0, 0.05) is 9.75 Å². The van der Waals surface area contributed by atoms with E-state index in [2.05, 4.69) is 12.2 Å². The first-order chi connectivity index (χ1) is 13.5. The molecule has 1 amide bonds. The minimum Gasteiger partial charge on any atom is -0.462 e. The number of fused-ring (bicyclic) bond motifs is 1.